The first-order chi connectivity index (χ1) is 9.27. The van der Waals surface area contributed by atoms with Crippen molar-refractivity contribution in [2.75, 3.05) is 6.61 Å². The summed E-state index contributed by atoms with van der Waals surface area (Å²) < 4.78 is 2.31. The Morgan fingerprint density at radius 3 is 2.79 bits per heavy atom. The first-order valence-electron chi connectivity index (χ1n) is 7.34. The van der Waals surface area contributed by atoms with Crippen LogP contribution in [0.3, 0.4) is 0 Å². The summed E-state index contributed by atoms with van der Waals surface area (Å²) in [7, 11) is 0. The van der Waals surface area contributed by atoms with E-state index in [2.05, 4.69) is 35.5 Å². The van der Waals surface area contributed by atoms with Gasteiger partial charge in [-0.3, -0.25) is 0 Å². The second kappa shape index (κ2) is 6.71. The fraction of sp³-hybridized carbons (Fsp3) is 0.562. The fourth-order valence-electron chi connectivity index (χ4n) is 2.68. The number of unbranched alkanes of at least 4 members (excludes halogenated alkanes) is 2. The summed E-state index contributed by atoms with van der Waals surface area (Å²) in [6.07, 6.45) is 5.59. The van der Waals surface area contributed by atoms with E-state index in [0.717, 1.165) is 11.3 Å². The molecule has 3 nitrogen and oxygen atoms in total. The minimum Gasteiger partial charge on any atom is -0.396 e. The Bertz CT molecular complexity index is 518. The molecule has 0 aliphatic carbocycles. The van der Waals surface area contributed by atoms with Gasteiger partial charge in [0.05, 0.1) is 17.6 Å². The molecule has 0 aliphatic heterocycles. The van der Waals surface area contributed by atoms with Gasteiger partial charge >= 0.3 is 0 Å². The Balaban J connectivity index is 2.29. The first-order valence-corrected chi connectivity index (χ1v) is 7.34. The van der Waals surface area contributed by atoms with Crippen molar-refractivity contribution in [1.29, 1.82) is 0 Å². The molecule has 2 rings (SSSR count). The van der Waals surface area contributed by atoms with Gasteiger partial charge in [0, 0.05) is 12.5 Å². The summed E-state index contributed by atoms with van der Waals surface area (Å²) in [5.41, 5.74) is 2.23. The van der Waals surface area contributed by atoms with E-state index in [1.165, 1.54) is 31.2 Å². The zero-order valence-electron chi connectivity index (χ0n) is 12.0. The predicted octanol–water partition coefficient (Wildman–Crippen LogP) is 3.71. The van der Waals surface area contributed by atoms with Gasteiger partial charge in [0.2, 0.25) is 0 Å². The maximum atomic E-state index is 9.21. The molecule has 19 heavy (non-hydrogen) atoms. The molecular formula is C16H24N2O. The number of imidazole rings is 1. The van der Waals surface area contributed by atoms with Crippen LogP contribution >= 0.6 is 0 Å². The van der Waals surface area contributed by atoms with E-state index in [0.29, 0.717) is 12.5 Å². The number of nitrogens with zero attached hydrogens (tertiary/aromatic N) is 2. The molecule has 1 aromatic carbocycles. The Morgan fingerprint density at radius 2 is 2.05 bits per heavy atom. The summed E-state index contributed by atoms with van der Waals surface area (Å²) in [5.74, 6) is 1.01. The molecule has 1 unspecified atom stereocenters. The summed E-state index contributed by atoms with van der Waals surface area (Å²) in [5, 5.41) is 9.21. The number of para-hydroxylation sites is 2. The molecule has 0 bridgehead atoms. The monoisotopic (exact) mass is 260 g/mol. The van der Waals surface area contributed by atoms with Gasteiger partial charge in [0.25, 0.3) is 0 Å². The highest BCUT2D eigenvalue weighted by Crippen LogP contribution is 2.24. The Morgan fingerprint density at radius 1 is 1.26 bits per heavy atom. The maximum absolute atomic E-state index is 9.21. The number of aromatic nitrogens is 2. The number of aliphatic hydroxyl groups is 1. The molecule has 0 saturated heterocycles. The van der Waals surface area contributed by atoms with E-state index in [1.807, 2.05) is 12.1 Å². The number of hydrogen-bond donors (Lipinski definition) is 1. The molecule has 0 radical (unpaired) electrons. The number of fused-ring (bicyclic) bond motifs is 1. The zero-order chi connectivity index (χ0) is 13.7. The number of aliphatic hydroxyl groups excluding tert-OH is 1. The molecule has 1 N–H and O–H groups in total. The van der Waals surface area contributed by atoms with Crippen molar-refractivity contribution in [1.82, 2.24) is 9.55 Å². The highest BCUT2D eigenvalue weighted by atomic mass is 16.3. The van der Waals surface area contributed by atoms with E-state index >= 15 is 0 Å². The standard InChI is InChI=1S/C16H24N2O/c1-3-4-5-8-13(2)18-15-10-7-6-9-14(15)17-16(18)11-12-19/h6-7,9-10,13,19H,3-5,8,11-12H2,1-2H3. The van der Waals surface area contributed by atoms with E-state index in [-0.39, 0.29) is 6.61 Å². The van der Waals surface area contributed by atoms with Crippen molar-refractivity contribution < 1.29 is 5.11 Å². The molecule has 2 aromatic rings. The van der Waals surface area contributed by atoms with Gasteiger partial charge in [0.15, 0.2) is 0 Å². The zero-order valence-corrected chi connectivity index (χ0v) is 12.0. The number of benzene rings is 1. The normalized spacial score (nSPS) is 13.0. The second-order valence-corrected chi connectivity index (χ2v) is 5.21. The summed E-state index contributed by atoms with van der Waals surface area (Å²) in [6, 6.07) is 8.69. The Kier molecular flexibility index (Phi) is 4.97. The van der Waals surface area contributed by atoms with Crippen LogP contribution in [0.1, 0.15) is 51.4 Å². The van der Waals surface area contributed by atoms with Gasteiger partial charge in [0.1, 0.15) is 5.82 Å². The summed E-state index contributed by atoms with van der Waals surface area (Å²) >= 11 is 0. The van der Waals surface area contributed by atoms with Gasteiger partial charge in [-0.1, -0.05) is 38.3 Å². The van der Waals surface area contributed by atoms with E-state index < -0.39 is 0 Å². The van der Waals surface area contributed by atoms with Gasteiger partial charge in [-0.05, 0) is 25.5 Å². The third-order valence-corrected chi connectivity index (χ3v) is 3.67. The molecule has 1 aromatic heterocycles. The minimum absolute atomic E-state index is 0.158. The molecule has 104 valence electrons. The molecule has 1 heterocycles. The summed E-state index contributed by atoms with van der Waals surface area (Å²) in [6.45, 7) is 4.64. The Hall–Kier alpha value is -1.35. The maximum Gasteiger partial charge on any atom is 0.112 e. The fourth-order valence-corrected chi connectivity index (χ4v) is 2.68. The predicted molar refractivity (Wildman–Crippen MR) is 79.4 cm³/mol. The highest BCUT2D eigenvalue weighted by Gasteiger charge is 2.14. The van der Waals surface area contributed by atoms with Crippen LogP contribution in [0.15, 0.2) is 24.3 Å². The van der Waals surface area contributed by atoms with Crippen LogP contribution in [-0.2, 0) is 6.42 Å². The SMILES string of the molecule is CCCCCC(C)n1c(CCO)nc2ccccc21. The van der Waals surface area contributed by atoms with Crippen LogP contribution in [0.2, 0.25) is 0 Å². The first kappa shape index (κ1) is 14.1. The summed E-state index contributed by atoms with van der Waals surface area (Å²) in [4.78, 5) is 4.65. The lowest BCUT2D eigenvalue weighted by Gasteiger charge is -2.17. The number of hydrogen-bond acceptors (Lipinski definition) is 2. The molecule has 1 atom stereocenters. The Labute approximate surface area is 115 Å². The van der Waals surface area contributed by atoms with Gasteiger partial charge in [-0.15, -0.1) is 0 Å². The van der Waals surface area contributed by atoms with Gasteiger partial charge in [-0.25, -0.2) is 4.98 Å². The lowest BCUT2D eigenvalue weighted by molar-refractivity contribution is 0.293. The van der Waals surface area contributed by atoms with Gasteiger partial charge in [-0.2, -0.15) is 0 Å². The molecule has 0 saturated carbocycles. The molecular weight excluding hydrogens is 236 g/mol. The average molecular weight is 260 g/mol. The van der Waals surface area contributed by atoms with Crippen LogP contribution in [0.5, 0.6) is 0 Å². The van der Waals surface area contributed by atoms with E-state index in [1.54, 1.807) is 0 Å². The third kappa shape index (κ3) is 3.16. The van der Waals surface area contributed by atoms with E-state index in [9.17, 15) is 5.11 Å². The van der Waals surface area contributed by atoms with Crippen molar-refractivity contribution in [2.24, 2.45) is 0 Å². The molecule has 3 heteroatoms. The lowest BCUT2D eigenvalue weighted by atomic mass is 10.1. The number of rotatable bonds is 7. The smallest absolute Gasteiger partial charge is 0.112 e. The minimum atomic E-state index is 0.158. The van der Waals surface area contributed by atoms with Crippen molar-refractivity contribution in [3.05, 3.63) is 30.1 Å². The van der Waals surface area contributed by atoms with Crippen LogP contribution in [-0.4, -0.2) is 21.3 Å². The van der Waals surface area contributed by atoms with Crippen molar-refractivity contribution >= 4 is 11.0 Å². The molecule has 0 aliphatic rings. The molecule has 0 amide bonds. The third-order valence-electron chi connectivity index (χ3n) is 3.67. The van der Waals surface area contributed by atoms with E-state index in [4.69, 9.17) is 0 Å². The van der Waals surface area contributed by atoms with Crippen LogP contribution in [0, 0.1) is 0 Å². The highest BCUT2D eigenvalue weighted by molar-refractivity contribution is 5.76. The van der Waals surface area contributed by atoms with Crippen LogP contribution in [0.4, 0.5) is 0 Å². The van der Waals surface area contributed by atoms with Crippen molar-refractivity contribution in [3.63, 3.8) is 0 Å². The van der Waals surface area contributed by atoms with Crippen molar-refractivity contribution in [3.8, 4) is 0 Å². The topological polar surface area (TPSA) is 38.0 Å². The van der Waals surface area contributed by atoms with Crippen molar-refractivity contribution in [2.45, 2.75) is 52.0 Å². The molecule has 0 spiro atoms. The largest absolute Gasteiger partial charge is 0.396 e. The van der Waals surface area contributed by atoms with Crippen LogP contribution < -0.4 is 0 Å². The van der Waals surface area contributed by atoms with Crippen LogP contribution in [0.25, 0.3) is 11.0 Å². The second-order valence-electron chi connectivity index (χ2n) is 5.21. The lowest BCUT2D eigenvalue weighted by Crippen LogP contribution is -2.10. The molecule has 0 fully saturated rings. The average Bonchev–Trinajstić information content (AvgIpc) is 2.77. The quantitative estimate of drug-likeness (QED) is 0.771. The van der Waals surface area contributed by atoms with Gasteiger partial charge < -0.3 is 9.67 Å².